The van der Waals surface area contributed by atoms with Crippen LogP contribution >= 0.6 is 0 Å². The van der Waals surface area contributed by atoms with Gasteiger partial charge < -0.3 is 4.79 Å². The van der Waals surface area contributed by atoms with E-state index in [-0.39, 0.29) is 0 Å². The molecule has 13 heavy (non-hydrogen) atoms. The first-order valence-corrected chi connectivity index (χ1v) is 5.12. The molecule has 1 aliphatic rings. The highest BCUT2D eigenvalue weighted by Gasteiger charge is 2.09. The molecule has 0 aromatic rings. The first kappa shape index (κ1) is 10.5. The second kappa shape index (κ2) is 5.18. The zero-order valence-electron chi connectivity index (χ0n) is 8.68. The molecule has 0 aromatic carbocycles. The first-order chi connectivity index (χ1) is 6.22. The van der Waals surface area contributed by atoms with Crippen LogP contribution in [0.2, 0.25) is 0 Å². The highest BCUT2D eigenvalue weighted by atomic mass is 16.1. The topological polar surface area (TPSA) is 20.3 Å². The van der Waals surface area contributed by atoms with Gasteiger partial charge in [-0.25, -0.2) is 0 Å². The lowest BCUT2D eigenvalue weighted by atomic mass is 10.0. The van der Waals surface area contributed by atoms with Crippen LogP contribution in [0.3, 0.4) is 0 Å². The summed E-state index contributed by atoms with van der Waals surface area (Å²) in [5.41, 5.74) is 1.47. The maximum Gasteiger partial charge on any atom is 0.130 e. The van der Waals surface area contributed by atoms with Gasteiger partial charge in [-0.15, -0.1) is 0 Å². The average Bonchev–Trinajstić information content (AvgIpc) is 2.15. The third kappa shape index (κ3) is 3.73. The third-order valence-corrected chi connectivity index (χ3v) is 2.63. The molecule has 0 spiro atoms. The summed E-state index contributed by atoms with van der Waals surface area (Å²) in [7, 11) is 0. The van der Waals surface area contributed by atoms with Gasteiger partial charge in [-0.1, -0.05) is 18.6 Å². The second-order valence-electron chi connectivity index (χ2n) is 3.71. The Morgan fingerprint density at radius 3 is 2.85 bits per heavy atom. The smallest absolute Gasteiger partial charge is 0.130 e. The quantitative estimate of drug-likeness (QED) is 0.618. The fourth-order valence-corrected chi connectivity index (χ4v) is 1.60. The van der Waals surface area contributed by atoms with Crippen molar-refractivity contribution in [3.8, 4) is 0 Å². The summed E-state index contributed by atoms with van der Waals surface area (Å²) in [6.45, 7) is 7.23. The zero-order valence-corrected chi connectivity index (χ0v) is 8.68. The van der Waals surface area contributed by atoms with E-state index in [0.29, 0.717) is 5.78 Å². The van der Waals surface area contributed by atoms with Crippen LogP contribution < -0.4 is 0 Å². The normalized spacial score (nSPS) is 18.5. The SMILES string of the molecule is CCN1CC=C(CCC(C)=O)CC1. The van der Waals surface area contributed by atoms with Crippen molar-refractivity contribution in [1.82, 2.24) is 4.90 Å². The average molecular weight is 181 g/mol. The molecule has 0 radical (unpaired) electrons. The van der Waals surface area contributed by atoms with Gasteiger partial charge >= 0.3 is 0 Å². The van der Waals surface area contributed by atoms with Crippen LogP contribution in [0.25, 0.3) is 0 Å². The number of carbonyl (C=O) groups is 1. The number of nitrogens with zero attached hydrogens (tertiary/aromatic N) is 1. The lowest BCUT2D eigenvalue weighted by Crippen LogP contribution is -2.28. The molecule has 0 aliphatic carbocycles. The number of hydrogen-bond acceptors (Lipinski definition) is 2. The number of likely N-dealkylation sites (N-methyl/N-ethyl adjacent to an activating group) is 1. The van der Waals surface area contributed by atoms with Crippen molar-refractivity contribution in [3.63, 3.8) is 0 Å². The summed E-state index contributed by atoms with van der Waals surface area (Å²) in [4.78, 5) is 13.2. The molecule has 2 nitrogen and oxygen atoms in total. The van der Waals surface area contributed by atoms with Gasteiger partial charge in [0.2, 0.25) is 0 Å². The monoisotopic (exact) mass is 181 g/mol. The van der Waals surface area contributed by atoms with E-state index in [4.69, 9.17) is 0 Å². The molecule has 1 heterocycles. The number of hydrogen-bond donors (Lipinski definition) is 0. The largest absolute Gasteiger partial charge is 0.300 e. The summed E-state index contributed by atoms with van der Waals surface area (Å²) in [6, 6.07) is 0. The number of rotatable bonds is 4. The predicted molar refractivity (Wildman–Crippen MR) is 54.7 cm³/mol. The number of Topliss-reactive ketones (excluding diaryl/α,β-unsaturated/α-hetero) is 1. The van der Waals surface area contributed by atoms with Crippen molar-refractivity contribution in [2.75, 3.05) is 19.6 Å². The van der Waals surface area contributed by atoms with Gasteiger partial charge in [0, 0.05) is 19.5 Å². The Labute approximate surface area is 80.6 Å². The third-order valence-electron chi connectivity index (χ3n) is 2.63. The Kier molecular flexibility index (Phi) is 4.16. The van der Waals surface area contributed by atoms with Gasteiger partial charge in [-0.05, 0) is 26.3 Å². The molecule has 0 amide bonds. The second-order valence-corrected chi connectivity index (χ2v) is 3.71. The van der Waals surface area contributed by atoms with Gasteiger partial charge in [-0.2, -0.15) is 0 Å². The van der Waals surface area contributed by atoms with Gasteiger partial charge in [0.1, 0.15) is 5.78 Å². The van der Waals surface area contributed by atoms with E-state index in [1.807, 2.05) is 0 Å². The first-order valence-electron chi connectivity index (χ1n) is 5.12. The fourth-order valence-electron chi connectivity index (χ4n) is 1.60. The van der Waals surface area contributed by atoms with E-state index < -0.39 is 0 Å². The maximum absolute atomic E-state index is 10.8. The van der Waals surface area contributed by atoms with E-state index in [1.54, 1.807) is 6.92 Å². The van der Waals surface area contributed by atoms with Crippen molar-refractivity contribution in [2.24, 2.45) is 0 Å². The van der Waals surface area contributed by atoms with Crippen molar-refractivity contribution in [1.29, 1.82) is 0 Å². The lowest BCUT2D eigenvalue weighted by Gasteiger charge is -2.24. The molecule has 0 saturated heterocycles. The highest BCUT2D eigenvalue weighted by Crippen LogP contribution is 2.15. The van der Waals surface area contributed by atoms with Crippen molar-refractivity contribution < 1.29 is 4.79 Å². The van der Waals surface area contributed by atoms with Crippen LogP contribution in [-0.2, 0) is 4.79 Å². The van der Waals surface area contributed by atoms with Crippen LogP contribution in [0.5, 0.6) is 0 Å². The van der Waals surface area contributed by atoms with Gasteiger partial charge in [-0.3, -0.25) is 4.90 Å². The molecule has 0 bridgehead atoms. The van der Waals surface area contributed by atoms with Crippen LogP contribution in [0, 0.1) is 0 Å². The van der Waals surface area contributed by atoms with Crippen LogP contribution in [0.15, 0.2) is 11.6 Å². The molecular weight excluding hydrogens is 162 g/mol. The molecule has 0 N–H and O–H groups in total. The van der Waals surface area contributed by atoms with Gasteiger partial charge in [0.25, 0.3) is 0 Å². The van der Waals surface area contributed by atoms with Crippen LogP contribution in [-0.4, -0.2) is 30.3 Å². The Morgan fingerprint density at radius 2 is 2.38 bits per heavy atom. The van der Waals surface area contributed by atoms with Crippen molar-refractivity contribution in [3.05, 3.63) is 11.6 Å². The molecule has 0 atom stereocenters. The molecule has 1 rings (SSSR count). The Balaban J connectivity index is 2.29. The summed E-state index contributed by atoms with van der Waals surface area (Å²) in [5.74, 6) is 0.304. The maximum atomic E-state index is 10.8. The minimum atomic E-state index is 0.304. The van der Waals surface area contributed by atoms with Crippen LogP contribution in [0.4, 0.5) is 0 Å². The minimum Gasteiger partial charge on any atom is -0.300 e. The molecule has 0 saturated carbocycles. The van der Waals surface area contributed by atoms with E-state index >= 15 is 0 Å². The van der Waals surface area contributed by atoms with E-state index in [9.17, 15) is 4.79 Å². The molecule has 74 valence electrons. The fraction of sp³-hybridized carbons (Fsp3) is 0.727. The van der Waals surface area contributed by atoms with Gasteiger partial charge in [0.05, 0.1) is 0 Å². The summed E-state index contributed by atoms with van der Waals surface area (Å²) in [6.07, 6.45) is 5.14. The van der Waals surface area contributed by atoms with Crippen LogP contribution in [0.1, 0.15) is 33.1 Å². The standard InChI is InChI=1S/C11H19NO/c1-3-12-8-6-11(7-9-12)5-4-10(2)13/h6H,3-5,7-9H2,1-2H3. The zero-order chi connectivity index (χ0) is 9.68. The minimum absolute atomic E-state index is 0.304. The molecular formula is C11H19NO. The van der Waals surface area contributed by atoms with Crippen molar-refractivity contribution >= 4 is 5.78 Å². The molecule has 1 aliphatic heterocycles. The molecule has 0 unspecified atom stereocenters. The Morgan fingerprint density at radius 1 is 1.62 bits per heavy atom. The Hall–Kier alpha value is -0.630. The summed E-state index contributed by atoms with van der Waals surface area (Å²) >= 11 is 0. The summed E-state index contributed by atoms with van der Waals surface area (Å²) in [5, 5.41) is 0. The van der Waals surface area contributed by atoms with Crippen molar-refractivity contribution in [2.45, 2.75) is 33.1 Å². The number of carbonyl (C=O) groups excluding carboxylic acids is 1. The van der Waals surface area contributed by atoms with E-state index in [1.165, 1.54) is 12.1 Å². The highest BCUT2D eigenvalue weighted by molar-refractivity contribution is 5.75. The number of ketones is 1. The lowest BCUT2D eigenvalue weighted by molar-refractivity contribution is -0.116. The van der Waals surface area contributed by atoms with E-state index in [0.717, 1.165) is 32.4 Å². The van der Waals surface area contributed by atoms with E-state index in [2.05, 4.69) is 17.9 Å². The summed E-state index contributed by atoms with van der Waals surface area (Å²) < 4.78 is 0. The van der Waals surface area contributed by atoms with Gasteiger partial charge in [0.15, 0.2) is 0 Å². The predicted octanol–water partition coefficient (Wildman–Crippen LogP) is 2.01. The molecule has 0 fully saturated rings. The molecule has 2 heteroatoms. The molecule has 0 aromatic heterocycles. The Bertz CT molecular complexity index is 208.